The van der Waals surface area contributed by atoms with Gasteiger partial charge in [-0.05, 0) is 71.4 Å². The number of anilines is 2. The summed E-state index contributed by atoms with van der Waals surface area (Å²) in [5.41, 5.74) is 8.87. The van der Waals surface area contributed by atoms with Crippen molar-refractivity contribution in [3.63, 3.8) is 0 Å². The summed E-state index contributed by atoms with van der Waals surface area (Å²) in [7, 11) is 0. The molecule has 0 aliphatic carbocycles. The number of pyridine rings is 1. The zero-order valence-corrected chi connectivity index (χ0v) is 16.4. The molecule has 2 N–H and O–H groups in total. The van der Waals surface area contributed by atoms with E-state index < -0.39 is 0 Å². The van der Waals surface area contributed by atoms with E-state index in [1.807, 2.05) is 53.7 Å². The molecule has 0 saturated carbocycles. The third kappa shape index (κ3) is 5.15. The van der Waals surface area contributed by atoms with Crippen molar-refractivity contribution in [2.45, 2.75) is 41.5 Å². The summed E-state index contributed by atoms with van der Waals surface area (Å²) >= 11 is 0. The number of hydrogen-bond donors (Lipinski definition) is 2. The second-order valence-corrected chi connectivity index (χ2v) is 6.81. The maximum atomic E-state index is 14.7. The number of halogens is 1. The van der Waals surface area contributed by atoms with Gasteiger partial charge in [0.05, 0.1) is 0 Å². The van der Waals surface area contributed by atoms with Crippen molar-refractivity contribution in [2.24, 2.45) is 5.10 Å². The molecule has 2 rings (SSSR count). The van der Waals surface area contributed by atoms with Gasteiger partial charge in [0, 0.05) is 34.8 Å². The van der Waals surface area contributed by atoms with E-state index in [0.29, 0.717) is 17.9 Å². The molecular weight excluding hydrogens is 327 g/mol. The van der Waals surface area contributed by atoms with Gasteiger partial charge in [-0.1, -0.05) is 11.6 Å². The van der Waals surface area contributed by atoms with Crippen LogP contribution in [0.15, 0.2) is 41.0 Å². The number of nitrogens with zero attached hydrogens (tertiary/aromatic N) is 2. The highest BCUT2D eigenvalue weighted by molar-refractivity contribution is 5.80. The van der Waals surface area contributed by atoms with E-state index in [4.69, 9.17) is 0 Å². The van der Waals surface area contributed by atoms with Crippen molar-refractivity contribution < 1.29 is 4.39 Å². The fourth-order valence-electron chi connectivity index (χ4n) is 2.47. The molecule has 26 heavy (non-hydrogen) atoms. The van der Waals surface area contributed by atoms with Gasteiger partial charge >= 0.3 is 0 Å². The lowest BCUT2D eigenvalue weighted by molar-refractivity contribution is 0.631. The van der Waals surface area contributed by atoms with Gasteiger partial charge in [-0.3, -0.25) is 5.43 Å². The summed E-state index contributed by atoms with van der Waals surface area (Å²) in [5.74, 6) is 0.424. The Labute approximate surface area is 155 Å². The van der Waals surface area contributed by atoms with Crippen LogP contribution in [0.5, 0.6) is 0 Å². The van der Waals surface area contributed by atoms with Crippen molar-refractivity contribution in [2.75, 3.05) is 17.3 Å². The number of benzene rings is 1. The molecule has 1 aromatic carbocycles. The smallest absolute Gasteiger partial charge is 0.149 e. The van der Waals surface area contributed by atoms with Gasteiger partial charge in [0.15, 0.2) is 0 Å². The highest BCUT2D eigenvalue weighted by Gasteiger charge is 2.12. The molecule has 138 valence electrons. The van der Waals surface area contributed by atoms with Crippen LogP contribution in [0.1, 0.15) is 39.0 Å². The van der Waals surface area contributed by atoms with Crippen molar-refractivity contribution in [3.05, 3.63) is 53.0 Å². The van der Waals surface area contributed by atoms with Crippen LogP contribution in [-0.4, -0.2) is 17.2 Å². The largest absolute Gasteiger partial charge is 0.381 e. The average molecular weight is 354 g/mol. The fraction of sp³-hybridized carbons (Fsp3) is 0.333. The van der Waals surface area contributed by atoms with E-state index in [0.717, 1.165) is 28.2 Å². The van der Waals surface area contributed by atoms with Crippen LogP contribution in [0, 0.1) is 19.7 Å². The SMILES string of the molecule is CC(C)=CCNc1ccc(-c2cc(C)c(NN=C(C)C)nc2C)c(F)c1. The molecule has 0 radical (unpaired) electrons. The summed E-state index contributed by atoms with van der Waals surface area (Å²) in [6.45, 7) is 12.4. The summed E-state index contributed by atoms with van der Waals surface area (Å²) in [6, 6.07) is 7.16. The molecule has 0 fully saturated rings. The standard InChI is InChI=1S/C21H27FN4/c1-13(2)9-10-23-17-7-8-18(20(22)12-17)19-11-15(5)21(24-16(19)6)26-25-14(3)4/h7-9,11-12,23H,10H2,1-6H3,(H,24,26). The van der Waals surface area contributed by atoms with E-state index >= 15 is 0 Å². The Morgan fingerprint density at radius 3 is 2.46 bits per heavy atom. The van der Waals surface area contributed by atoms with Crippen molar-refractivity contribution in [3.8, 4) is 11.1 Å². The molecule has 1 heterocycles. The number of rotatable bonds is 6. The second kappa shape index (κ2) is 8.61. The molecule has 1 aromatic heterocycles. The third-order valence-electron chi connectivity index (χ3n) is 3.86. The van der Waals surface area contributed by atoms with Crippen LogP contribution in [0.3, 0.4) is 0 Å². The van der Waals surface area contributed by atoms with Crippen molar-refractivity contribution in [1.82, 2.24) is 4.98 Å². The van der Waals surface area contributed by atoms with Gasteiger partial charge in [0.2, 0.25) is 0 Å². The summed E-state index contributed by atoms with van der Waals surface area (Å²) < 4.78 is 14.7. The van der Waals surface area contributed by atoms with Crippen LogP contribution in [0.25, 0.3) is 11.1 Å². The number of allylic oxidation sites excluding steroid dienone is 1. The number of hydrogen-bond acceptors (Lipinski definition) is 4. The van der Waals surface area contributed by atoms with E-state index in [1.54, 1.807) is 6.07 Å². The quantitative estimate of drug-likeness (QED) is 0.398. The Morgan fingerprint density at radius 2 is 1.85 bits per heavy atom. The Balaban J connectivity index is 2.29. The lowest BCUT2D eigenvalue weighted by Gasteiger charge is -2.13. The van der Waals surface area contributed by atoms with Crippen LogP contribution in [0.2, 0.25) is 0 Å². The minimum absolute atomic E-state index is 0.264. The predicted octanol–water partition coefficient (Wildman–Crippen LogP) is 5.69. The first-order valence-corrected chi connectivity index (χ1v) is 8.70. The van der Waals surface area contributed by atoms with Crippen LogP contribution < -0.4 is 10.7 Å². The highest BCUT2D eigenvalue weighted by atomic mass is 19.1. The lowest BCUT2D eigenvalue weighted by atomic mass is 10.0. The minimum atomic E-state index is -0.264. The maximum absolute atomic E-state index is 14.7. The first-order chi connectivity index (χ1) is 12.3. The molecule has 2 aromatic rings. The molecule has 0 unspecified atom stereocenters. The van der Waals surface area contributed by atoms with Crippen molar-refractivity contribution >= 4 is 17.2 Å². The van der Waals surface area contributed by atoms with Gasteiger partial charge in [-0.2, -0.15) is 5.10 Å². The molecule has 0 saturated heterocycles. The first kappa shape index (κ1) is 19.6. The maximum Gasteiger partial charge on any atom is 0.149 e. The Morgan fingerprint density at radius 1 is 1.12 bits per heavy atom. The molecule has 0 bridgehead atoms. The molecule has 0 spiro atoms. The molecule has 4 nitrogen and oxygen atoms in total. The van der Waals surface area contributed by atoms with E-state index in [9.17, 15) is 4.39 Å². The monoisotopic (exact) mass is 354 g/mol. The van der Waals surface area contributed by atoms with Crippen LogP contribution in [-0.2, 0) is 0 Å². The average Bonchev–Trinajstić information content (AvgIpc) is 2.55. The van der Waals surface area contributed by atoms with Gasteiger partial charge < -0.3 is 5.32 Å². The molecule has 0 aliphatic heterocycles. The summed E-state index contributed by atoms with van der Waals surface area (Å²) in [6.07, 6.45) is 2.06. The van der Waals surface area contributed by atoms with Gasteiger partial charge in [0.1, 0.15) is 11.6 Å². The molecule has 0 atom stereocenters. The number of aryl methyl sites for hydroxylation is 2. The summed E-state index contributed by atoms with van der Waals surface area (Å²) in [5, 5.41) is 7.39. The number of aromatic nitrogens is 1. The topological polar surface area (TPSA) is 49.3 Å². The van der Waals surface area contributed by atoms with Crippen LogP contribution in [0.4, 0.5) is 15.9 Å². The Bertz CT molecular complexity index is 845. The highest BCUT2D eigenvalue weighted by Crippen LogP contribution is 2.30. The molecular formula is C21H27FN4. The number of hydrazone groups is 1. The first-order valence-electron chi connectivity index (χ1n) is 8.70. The van der Waals surface area contributed by atoms with E-state index in [1.165, 1.54) is 11.6 Å². The fourth-order valence-corrected chi connectivity index (χ4v) is 2.47. The zero-order chi connectivity index (χ0) is 19.3. The summed E-state index contributed by atoms with van der Waals surface area (Å²) in [4.78, 5) is 4.55. The van der Waals surface area contributed by atoms with E-state index in [-0.39, 0.29) is 5.82 Å². The van der Waals surface area contributed by atoms with Gasteiger partial charge in [-0.25, -0.2) is 9.37 Å². The third-order valence-corrected chi connectivity index (χ3v) is 3.86. The predicted molar refractivity (Wildman–Crippen MR) is 109 cm³/mol. The van der Waals surface area contributed by atoms with Gasteiger partial charge in [0.25, 0.3) is 0 Å². The van der Waals surface area contributed by atoms with Crippen molar-refractivity contribution in [1.29, 1.82) is 0 Å². The van der Waals surface area contributed by atoms with Crippen LogP contribution >= 0.6 is 0 Å². The molecule has 5 heteroatoms. The Kier molecular flexibility index (Phi) is 6.50. The number of nitrogens with one attached hydrogen (secondary N) is 2. The molecule has 0 aliphatic rings. The van der Waals surface area contributed by atoms with E-state index in [2.05, 4.69) is 26.9 Å². The second-order valence-electron chi connectivity index (χ2n) is 6.81. The minimum Gasteiger partial charge on any atom is -0.381 e. The normalized spacial score (nSPS) is 10.3. The molecule has 0 amide bonds. The van der Waals surface area contributed by atoms with Gasteiger partial charge in [-0.15, -0.1) is 0 Å². The lowest BCUT2D eigenvalue weighted by Crippen LogP contribution is -2.02. The Hall–Kier alpha value is -2.69. The zero-order valence-electron chi connectivity index (χ0n) is 16.4.